The van der Waals surface area contributed by atoms with Gasteiger partial charge < -0.3 is 13.9 Å². The van der Waals surface area contributed by atoms with E-state index in [4.69, 9.17) is 13.9 Å². The molecule has 0 N–H and O–H groups in total. The molecule has 0 saturated carbocycles. The lowest BCUT2D eigenvalue weighted by molar-refractivity contribution is 0.0992. The zero-order chi connectivity index (χ0) is 25.8. The molecule has 0 radical (unpaired) electrons. The van der Waals surface area contributed by atoms with Crippen LogP contribution in [0.15, 0.2) is 106 Å². The largest absolute Gasteiger partial charge is 0.497 e. The van der Waals surface area contributed by atoms with Crippen molar-refractivity contribution in [1.82, 2.24) is 0 Å². The predicted molar refractivity (Wildman–Crippen MR) is 144 cm³/mol. The van der Waals surface area contributed by atoms with Gasteiger partial charge in [0.05, 0.1) is 12.7 Å². The molecule has 0 aliphatic carbocycles. The van der Waals surface area contributed by atoms with Crippen LogP contribution in [0.4, 0.5) is 0 Å². The molecule has 0 fully saturated rings. The first-order valence-electron chi connectivity index (χ1n) is 12.0. The number of carbonyl (C=O) groups is 1. The van der Waals surface area contributed by atoms with Gasteiger partial charge >= 0.3 is 5.63 Å². The van der Waals surface area contributed by atoms with Crippen LogP contribution in [-0.2, 0) is 13.0 Å². The zero-order valence-corrected chi connectivity index (χ0v) is 20.7. The summed E-state index contributed by atoms with van der Waals surface area (Å²) in [6, 6.07) is 30.1. The molecule has 0 aliphatic heterocycles. The van der Waals surface area contributed by atoms with Gasteiger partial charge in [-0.3, -0.25) is 4.79 Å². The molecule has 0 unspecified atom stereocenters. The number of Topliss-reactive ketones (excluding diaryl/α,β-unsaturated/α-hetero) is 1. The lowest BCUT2D eigenvalue weighted by atomic mass is 9.92. The number of methoxy groups -OCH3 is 1. The van der Waals surface area contributed by atoms with Crippen molar-refractivity contribution in [2.45, 2.75) is 20.0 Å². The van der Waals surface area contributed by atoms with Gasteiger partial charge in [-0.1, -0.05) is 60.7 Å². The van der Waals surface area contributed by atoms with Gasteiger partial charge in [-0.2, -0.15) is 0 Å². The Kier molecular flexibility index (Phi) is 6.86. The maximum atomic E-state index is 13.4. The van der Waals surface area contributed by atoms with Crippen molar-refractivity contribution >= 4 is 16.8 Å². The normalized spacial score (nSPS) is 10.9. The SMILES string of the molecule is COc1ccc(C(=O)Cc2c(-c3ccccc3)c3ccc(OCc4ccccc4)c(C)c3oc2=O)cc1. The Balaban J connectivity index is 1.58. The van der Waals surface area contributed by atoms with E-state index >= 15 is 0 Å². The van der Waals surface area contributed by atoms with E-state index in [2.05, 4.69) is 0 Å². The molecule has 1 aromatic heterocycles. The van der Waals surface area contributed by atoms with Gasteiger partial charge in [0.25, 0.3) is 0 Å². The van der Waals surface area contributed by atoms with Gasteiger partial charge in [0.15, 0.2) is 5.78 Å². The maximum absolute atomic E-state index is 13.4. The lowest BCUT2D eigenvalue weighted by Crippen LogP contribution is -2.16. The highest BCUT2D eigenvalue weighted by molar-refractivity contribution is 6.02. The van der Waals surface area contributed by atoms with E-state index in [0.717, 1.165) is 22.1 Å². The maximum Gasteiger partial charge on any atom is 0.340 e. The topological polar surface area (TPSA) is 65.7 Å². The summed E-state index contributed by atoms with van der Waals surface area (Å²) in [6.45, 7) is 2.28. The average Bonchev–Trinajstić information content (AvgIpc) is 2.94. The first kappa shape index (κ1) is 24.1. The number of aryl methyl sites for hydroxylation is 1. The fourth-order valence-electron chi connectivity index (χ4n) is 4.45. The summed E-state index contributed by atoms with van der Waals surface area (Å²) < 4.78 is 17.1. The molecule has 184 valence electrons. The minimum absolute atomic E-state index is 0.0832. The number of ketones is 1. The molecule has 0 aliphatic rings. The van der Waals surface area contributed by atoms with Gasteiger partial charge in [-0.15, -0.1) is 0 Å². The second-order valence-corrected chi connectivity index (χ2v) is 8.78. The van der Waals surface area contributed by atoms with Gasteiger partial charge in [-0.25, -0.2) is 4.79 Å². The first-order valence-corrected chi connectivity index (χ1v) is 12.0. The molecular formula is C32H26O5. The number of benzene rings is 4. The van der Waals surface area contributed by atoms with Crippen LogP contribution in [0.1, 0.15) is 27.0 Å². The van der Waals surface area contributed by atoms with Crippen molar-refractivity contribution < 1.29 is 18.7 Å². The number of ether oxygens (including phenoxy) is 2. The molecule has 37 heavy (non-hydrogen) atoms. The first-order chi connectivity index (χ1) is 18.0. The van der Waals surface area contributed by atoms with Gasteiger partial charge in [0, 0.05) is 28.5 Å². The Morgan fingerprint density at radius 3 is 2.19 bits per heavy atom. The van der Waals surface area contributed by atoms with Crippen LogP contribution in [0.5, 0.6) is 11.5 Å². The van der Waals surface area contributed by atoms with E-state index in [1.807, 2.05) is 79.7 Å². The highest BCUT2D eigenvalue weighted by atomic mass is 16.5. The molecule has 0 amide bonds. The highest BCUT2D eigenvalue weighted by Crippen LogP contribution is 2.36. The van der Waals surface area contributed by atoms with Crippen LogP contribution >= 0.6 is 0 Å². The molecule has 1 heterocycles. The smallest absolute Gasteiger partial charge is 0.340 e. The van der Waals surface area contributed by atoms with Gasteiger partial charge in [-0.05, 0) is 54.4 Å². The molecular weight excluding hydrogens is 464 g/mol. The Hall–Kier alpha value is -4.64. The van der Waals surface area contributed by atoms with E-state index in [1.54, 1.807) is 31.4 Å². The molecule has 4 aromatic carbocycles. The van der Waals surface area contributed by atoms with Crippen LogP contribution in [0.25, 0.3) is 22.1 Å². The highest BCUT2D eigenvalue weighted by Gasteiger charge is 2.22. The quantitative estimate of drug-likeness (QED) is 0.177. The van der Waals surface area contributed by atoms with Crippen molar-refractivity contribution in [3.8, 4) is 22.6 Å². The number of hydrogen-bond donors (Lipinski definition) is 0. The Labute approximate surface area is 214 Å². The van der Waals surface area contributed by atoms with Crippen molar-refractivity contribution in [3.05, 3.63) is 130 Å². The molecule has 0 atom stereocenters. The van der Waals surface area contributed by atoms with Crippen molar-refractivity contribution in [2.24, 2.45) is 0 Å². The van der Waals surface area contributed by atoms with Crippen molar-refractivity contribution in [3.63, 3.8) is 0 Å². The second kappa shape index (κ2) is 10.5. The van der Waals surface area contributed by atoms with E-state index in [0.29, 0.717) is 40.4 Å². The fraction of sp³-hybridized carbons (Fsp3) is 0.125. The number of fused-ring (bicyclic) bond motifs is 1. The van der Waals surface area contributed by atoms with Crippen molar-refractivity contribution in [1.29, 1.82) is 0 Å². The second-order valence-electron chi connectivity index (χ2n) is 8.78. The Morgan fingerprint density at radius 1 is 0.838 bits per heavy atom. The van der Waals surface area contributed by atoms with E-state index < -0.39 is 5.63 Å². The van der Waals surface area contributed by atoms with E-state index in [-0.39, 0.29) is 12.2 Å². The van der Waals surface area contributed by atoms with Crippen LogP contribution in [0.2, 0.25) is 0 Å². The monoisotopic (exact) mass is 490 g/mol. The molecule has 0 bridgehead atoms. The third kappa shape index (κ3) is 5.02. The van der Waals surface area contributed by atoms with Crippen LogP contribution in [0.3, 0.4) is 0 Å². The van der Waals surface area contributed by atoms with E-state index in [1.165, 1.54) is 0 Å². The summed E-state index contributed by atoms with van der Waals surface area (Å²) in [5, 5.41) is 0.757. The summed E-state index contributed by atoms with van der Waals surface area (Å²) in [5.74, 6) is 1.12. The summed E-state index contributed by atoms with van der Waals surface area (Å²) in [5.41, 5.74) is 4.07. The molecule has 5 heteroatoms. The summed E-state index contributed by atoms with van der Waals surface area (Å²) in [4.78, 5) is 26.5. The molecule has 0 spiro atoms. The summed E-state index contributed by atoms with van der Waals surface area (Å²) in [6.07, 6.45) is -0.0832. The molecule has 5 rings (SSSR count). The summed E-state index contributed by atoms with van der Waals surface area (Å²) in [7, 11) is 1.57. The van der Waals surface area contributed by atoms with Gasteiger partial charge in [0.2, 0.25) is 0 Å². The average molecular weight is 491 g/mol. The Bertz CT molecular complexity index is 1600. The number of rotatable bonds is 8. The van der Waals surface area contributed by atoms with Crippen LogP contribution in [-0.4, -0.2) is 12.9 Å². The molecule has 0 saturated heterocycles. The predicted octanol–water partition coefficient (Wildman–Crippen LogP) is 6.78. The van der Waals surface area contributed by atoms with E-state index in [9.17, 15) is 9.59 Å². The number of hydrogen-bond acceptors (Lipinski definition) is 5. The lowest BCUT2D eigenvalue weighted by Gasteiger charge is -2.15. The van der Waals surface area contributed by atoms with Crippen molar-refractivity contribution in [2.75, 3.05) is 7.11 Å². The molecule has 5 nitrogen and oxygen atoms in total. The van der Waals surface area contributed by atoms with Crippen LogP contribution in [0, 0.1) is 6.92 Å². The minimum atomic E-state index is -0.531. The number of carbonyl (C=O) groups excluding carboxylic acids is 1. The standard InChI is InChI=1S/C32H26O5/c1-21-29(36-20-22-9-5-3-6-10-22)18-17-26-30(24-11-7-4-8-12-24)27(32(34)37-31(21)26)19-28(33)23-13-15-25(35-2)16-14-23/h3-18H,19-20H2,1-2H3. The third-order valence-electron chi connectivity index (χ3n) is 6.42. The van der Waals surface area contributed by atoms with Crippen LogP contribution < -0.4 is 15.1 Å². The Morgan fingerprint density at radius 2 is 1.51 bits per heavy atom. The zero-order valence-electron chi connectivity index (χ0n) is 20.7. The third-order valence-corrected chi connectivity index (χ3v) is 6.42. The molecule has 5 aromatic rings. The van der Waals surface area contributed by atoms with Gasteiger partial charge in [0.1, 0.15) is 23.7 Å². The fourth-order valence-corrected chi connectivity index (χ4v) is 4.45. The minimum Gasteiger partial charge on any atom is -0.497 e. The summed E-state index contributed by atoms with van der Waals surface area (Å²) >= 11 is 0.